The molecule has 1 fully saturated rings. The molecule has 3 aromatic rings. The molecule has 28 heavy (non-hydrogen) atoms. The van der Waals surface area contributed by atoms with Crippen LogP contribution in [-0.2, 0) is 6.54 Å². The van der Waals surface area contributed by atoms with Crippen molar-refractivity contribution in [2.75, 3.05) is 13.7 Å². The van der Waals surface area contributed by atoms with Gasteiger partial charge in [0.15, 0.2) is 5.82 Å². The SMILES string of the molecule is COc1cc(C#N)cc(-c2nc(C3CCCCN3Cc3ccccn3)no2)c1. The fourth-order valence-electron chi connectivity index (χ4n) is 3.56. The maximum Gasteiger partial charge on any atom is 0.258 e. The van der Waals surface area contributed by atoms with Gasteiger partial charge in [0.1, 0.15) is 5.75 Å². The summed E-state index contributed by atoms with van der Waals surface area (Å²) in [6, 6.07) is 13.4. The van der Waals surface area contributed by atoms with E-state index in [9.17, 15) is 5.26 Å². The average Bonchev–Trinajstić information content (AvgIpc) is 3.24. The quantitative estimate of drug-likeness (QED) is 0.671. The summed E-state index contributed by atoms with van der Waals surface area (Å²) >= 11 is 0. The Labute approximate surface area is 163 Å². The lowest BCUT2D eigenvalue weighted by molar-refractivity contribution is 0.129. The summed E-state index contributed by atoms with van der Waals surface area (Å²) in [6.45, 7) is 1.73. The van der Waals surface area contributed by atoms with Gasteiger partial charge < -0.3 is 9.26 Å². The van der Waals surface area contributed by atoms with Gasteiger partial charge in [0.25, 0.3) is 5.89 Å². The predicted molar refractivity (Wildman–Crippen MR) is 102 cm³/mol. The summed E-state index contributed by atoms with van der Waals surface area (Å²) in [5.74, 6) is 1.66. The smallest absolute Gasteiger partial charge is 0.258 e. The first-order valence-corrected chi connectivity index (χ1v) is 9.34. The molecular weight excluding hydrogens is 354 g/mol. The third-order valence-electron chi connectivity index (χ3n) is 4.96. The van der Waals surface area contributed by atoms with E-state index in [1.165, 1.54) is 0 Å². The molecule has 1 aliphatic rings. The number of nitriles is 1. The molecular formula is C21H21N5O2. The topological polar surface area (TPSA) is 88.1 Å². The molecule has 0 bridgehead atoms. The van der Waals surface area contributed by atoms with Gasteiger partial charge in [-0.05, 0) is 49.7 Å². The standard InChI is InChI=1S/C21H21N5O2/c1-27-18-11-15(13-22)10-16(12-18)21-24-20(25-28-21)19-7-3-5-9-26(19)14-17-6-2-4-8-23-17/h2,4,6,8,10-12,19H,3,5,7,9,14H2,1H3. The molecule has 0 spiro atoms. The lowest BCUT2D eigenvalue weighted by Crippen LogP contribution is -2.33. The molecule has 0 aliphatic carbocycles. The minimum atomic E-state index is 0.0919. The summed E-state index contributed by atoms with van der Waals surface area (Å²) in [7, 11) is 1.57. The molecule has 1 unspecified atom stereocenters. The number of rotatable bonds is 5. The van der Waals surface area contributed by atoms with E-state index in [1.54, 1.807) is 25.3 Å². The molecule has 142 valence electrons. The third-order valence-corrected chi connectivity index (χ3v) is 4.96. The number of pyridine rings is 1. The largest absolute Gasteiger partial charge is 0.497 e. The highest BCUT2D eigenvalue weighted by molar-refractivity contribution is 5.59. The maximum atomic E-state index is 9.23. The van der Waals surface area contributed by atoms with Gasteiger partial charge in [-0.3, -0.25) is 9.88 Å². The fourth-order valence-corrected chi connectivity index (χ4v) is 3.56. The van der Waals surface area contributed by atoms with E-state index in [0.29, 0.717) is 28.6 Å². The third kappa shape index (κ3) is 3.87. The van der Waals surface area contributed by atoms with Crippen LogP contribution in [0.4, 0.5) is 0 Å². The Hall–Kier alpha value is -3.24. The van der Waals surface area contributed by atoms with Crippen molar-refractivity contribution in [2.45, 2.75) is 31.8 Å². The lowest BCUT2D eigenvalue weighted by atomic mass is 10.0. The van der Waals surface area contributed by atoms with Gasteiger partial charge in [-0.25, -0.2) is 0 Å². The Kier molecular flexibility index (Phi) is 5.31. The van der Waals surface area contributed by atoms with Crippen LogP contribution < -0.4 is 4.74 Å². The van der Waals surface area contributed by atoms with Crippen molar-refractivity contribution >= 4 is 0 Å². The van der Waals surface area contributed by atoms with Gasteiger partial charge in [0.2, 0.25) is 0 Å². The summed E-state index contributed by atoms with van der Waals surface area (Å²) in [5, 5.41) is 13.5. The minimum absolute atomic E-state index is 0.0919. The van der Waals surface area contributed by atoms with Crippen molar-refractivity contribution in [3.63, 3.8) is 0 Å². The molecule has 7 heteroatoms. The zero-order valence-electron chi connectivity index (χ0n) is 15.7. The number of hydrogen-bond acceptors (Lipinski definition) is 7. The molecule has 2 aromatic heterocycles. The monoisotopic (exact) mass is 375 g/mol. The van der Waals surface area contributed by atoms with Crippen molar-refractivity contribution in [1.82, 2.24) is 20.0 Å². The van der Waals surface area contributed by atoms with Gasteiger partial charge in [-0.2, -0.15) is 10.2 Å². The number of hydrogen-bond donors (Lipinski definition) is 0. The molecule has 1 aliphatic heterocycles. The van der Waals surface area contributed by atoms with E-state index in [-0.39, 0.29) is 6.04 Å². The van der Waals surface area contributed by atoms with Gasteiger partial charge in [-0.15, -0.1) is 0 Å². The molecule has 0 N–H and O–H groups in total. The number of benzene rings is 1. The number of nitrogens with zero attached hydrogens (tertiary/aromatic N) is 5. The highest BCUT2D eigenvalue weighted by Crippen LogP contribution is 2.32. The van der Waals surface area contributed by atoms with Gasteiger partial charge >= 0.3 is 0 Å². The van der Waals surface area contributed by atoms with E-state index in [2.05, 4.69) is 26.1 Å². The lowest BCUT2D eigenvalue weighted by Gasteiger charge is -2.33. The second-order valence-corrected chi connectivity index (χ2v) is 6.82. The van der Waals surface area contributed by atoms with Crippen LogP contribution in [0.2, 0.25) is 0 Å². The van der Waals surface area contributed by atoms with Gasteiger partial charge in [0.05, 0.1) is 30.5 Å². The molecule has 4 rings (SSSR count). The van der Waals surface area contributed by atoms with Gasteiger partial charge in [0, 0.05) is 18.3 Å². The zero-order valence-corrected chi connectivity index (χ0v) is 15.7. The first kappa shape index (κ1) is 18.1. The summed E-state index contributed by atoms with van der Waals surface area (Å²) in [5.41, 5.74) is 2.20. The van der Waals surface area contributed by atoms with Crippen LogP contribution in [0.1, 0.15) is 42.4 Å². The Morgan fingerprint density at radius 2 is 2.21 bits per heavy atom. The summed E-state index contributed by atoms with van der Waals surface area (Å²) < 4.78 is 10.8. The molecule has 0 radical (unpaired) electrons. The van der Waals surface area contributed by atoms with E-state index < -0.39 is 0 Å². The van der Waals surface area contributed by atoms with Crippen LogP contribution in [0.25, 0.3) is 11.5 Å². The number of aromatic nitrogens is 3. The minimum Gasteiger partial charge on any atom is -0.497 e. The zero-order chi connectivity index (χ0) is 19.3. The second-order valence-electron chi connectivity index (χ2n) is 6.82. The first-order valence-electron chi connectivity index (χ1n) is 9.34. The molecule has 1 atom stereocenters. The Morgan fingerprint density at radius 3 is 3.00 bits per heavy atom. The molecule has 1 saturated heterocycles. The predicted octanol–water partition coefficient (Wildman–Crippen LogP) is 3.74. The number of methoxy groups -OCH3 is 1. The van der Waals surface area contributed by atoms with Crippen LogP contribution in [-0.4, -0.2) is 33.7 Å². The fraction of sp³-hybridized carbons (Fsp3) is 0.333. The Balaban J connectivity index is 1.60. The van der Waals surface area contributed by atoms with Crippen LogP contribution in [0.5, 0.6) is 5.75 Å². The van der Waals surface area contributed by atoms with Crippen LogP contribution >= 0.6 is 0 Å². The van der Waals surface area contributed by atoms with Crippen LogP contribution in [0.15, 0.2) is 47.1 Å². The number of likely N-dealkylation sites (tertiary alicyclic amines) is 1. The molecule has 7 nitrogen and oxygen atoms in total. The molecule has 3 heterocycles. The van der Waals surface area contributed by atoms with E-state index >= 15 is 0 Å². The average molecular weight is 375 g/mol. The van der Waals surface area contributed by atoms with Crippen molar-refractivity contribution in [3.05, 3.63) is 59.7 Å². The summed E-state index contributed by atoms with van der Waals surface area (Å²) in [4.78, 5) is 11.4. The number of ether oxygens (including phenoxy) is 1. The van der Waals surface area contributed by atoms with Gasteiger partial charge in [-0.1, -0.05) is 17.6 Å². The van der Waals surface area contributed by atoms with Crippen molar-refractivity contribution in [1.29, 1.82) is 5.26 Å². The second kappa shape index (κ2) is 8.19. The van der Waals surface area contributed by atoms with Crippen molar-refractivity contribution in [3.8, 4) is 23.3 Å². The van der Waals surface area contributed by atoms with E-state index in [4.69, 9.17) is 9.26 Å². The molecule has 0 amide bonds. The van der Waals surface area contributed by atoms with Crippen LogP contribution in [0.3, 0.4) is 0 Å². The highest BCUT2D eigenvalue weighted by atomic mass is 16.5. The Bertz CT molecular complexity index is 980. The summed E-state index contributed by atoms with van der Waals surface area (Å²) in [6.07, 6.45) is 5.07. The van der Waals surface area contributed by atoms with Crippen LogP contribution in [0, 0.1) is 11.3 Å². The van der Waals surface area contributed by atoms with Crippen molar-refractivity contribution < 1.29 is 9.26 Å². The highest BCUT2D eigenvalue weighted by Gasteiger charge is 2.28. The normalized spacial score (nSPS) is 17.2. The first-order chi connectivity index (χ1) is 13.8. The van der Waals surface area contributed by atoms with E-state index in [1.807, 2.05) is 24.4 Å². The maximum absolute atomic E-state index is 9.23. The Morgan fingerprint density at radius 1 is 1.29 bits per heavy atom. The molecule has 1 aromatic carbocycles. The van der Waals surface area contributed by atoms with Crippen molar-refractivity contribution in [2.24, 2.45) is 0 Å². The number of piperidine rings is 1. The van der Waals surface area contributed by atoms with E-state index in [0.717, 1.165) is 38.0 Å². The molecule has 0 saturated carbocycles.